The van der Waals surface area contributed by atoms with Gasteiger partial charge in [-0.25, -0.2) is 0 Å². The molecule has 0 spiro atoms. The first-order chi connectivity index (χ1) is 8.54. The van der Waals surface area contributed by atoms with Crippen molar-refractivity contribution in [3.63, 3.8) is 0 Å². The quantitative estimate of drug-likeness (QED) is 0.771. The highest BCUT2D eigenvalue weighted by atomic mass is 16.5. The fourth-order valence-electron chi connectivity index (χ4n) is 1.50. The molecule has 0 amide bonds. The van der Waals surface area contributed by atoms with Crippen molar-refractivity contribution < 1.29 is 19.4 Å². The Labute approximate surface area is 107 Å². The molecule has 5 heteroatoms. The highest BCUT2D eigenvalue weighted by molar-refractivity contribution is 5.73. The largest absolute Gasteiger partial charge is 0.493 e. The van der Waals surface area contributed by atoms with Crippen LogP contribution < -0.4 is 14.8 Å². The Hall–Kier alpha value is -1.75. The van der Waals surface area contributed by atoms with E-state index in [2.05, 4.69) is 5.32 Å². The maximum absolute atomic E-state index is 11.0. The van der Waals surface area contributed by atoms with E-state index in [0.717, 1.165) is 0 Å². The molecule has 0 aromatic heterocycles. The van der Waals surface area contributed by atoms with Gasteiger partial charge in [0.25, 0.3) is 0 Å². The molecule has 1 rings (SSSR count). The van der Waals surface area contributed by atoms with Crippen LogP contribution in [0.4, 0.5) is 0 Å². The van der Waals surface area contributed by atoms with Crippen molar-refractivity contribution in [1.29, 1.82) is 0 Å². The molecule has 100 valence electrons. The van der Waals surface area contributed by atoms with E-state index in [0.29, 0.717) is 11.5 Å². The fraction of sp³-hybridized carbons (Fsp3) is 0.462. The summed E-state index contributed by atoms with van der Waals surface area (Å²) in [6.45, 7) is 3.83. The van der Waals surface area contributed by atoms with E-state index >= 15 is 0 Å². The van der Waals surface area contributed by atoms with E-state index in [4.69, 9.17) is 14.6 Å². The van der Waals surface area contributed by atoms with E-state index in [1.165, 1.54) is 0 Å². The molecule has 5 nitrogen and oxygen atoms in total. The number of aliphatic carboxylic acids is 1. The average Bonchev–Trinajstić information content (AvgIpc) is 2.34. The summed E-state index contributed by atoms with van der Waals surface area (Å²) < 4.78 is 10.6. The number of benzene rings is 1. The lowest BCUT2D eigenvalue weighted by Gasteiger charge is -2.18. The van der Waals surface area contributed by atoms with Crippen LogP contribution in [0, 0.1) is 0 Å². The van der Waals surface area contributed by atoms with Gasteiger partial charge in [0, 0.05) is 6.04 Å². The van der Waals surface area contributed by atoms with Gasteiger partial charge in [0.1, 0.15) is 12.6 Å². The zero-order valence-electron chi connectivity index (χ0n) is 10.8. The normalized spacial score (nSPS) is 12.2. The number of nitrogens with one attached hydrogen (secondary N) is 1. The number of ether oxygens (including phenoxy) is 2. The Balaban J connectivity index is 2.64. The maximum atomic E-state index is 11.0. The summed E-state index contributed by atoms with van der Waals surface area (Å²) in [4.78, 5) is 11.0. The number of carboxylic acids is 1. The number of para-hydroxylation sites is 2. The Morgan fingerprint density at radius 3 is 2.44 bits per heavy atom. The van der Waals surface area contributed by atoms with E-state index in [1.54, 1.807) is 19.2 Å². The van der Waals surface area contributed by atoms with Gasteiger partial charge in [0.15, 0.2) is 11.5 Å². The van der Waals surface area contributed by atoms with Crippen LogP contribution in [-0.2, 0) is 4.79 Å². The number of methoxy groups -OCH3 is 1. The number of hydrogen-bond donors (Lipinski definition) is 2. The van der Waals surface area contributed by atoms with Crippen LogP contribution in [0.25, 0.3) is 0 Å². The minimum absolute atomic E-state index is 0.0495. The van der Waals surface area contributed by atoms with Crippen molar-refractivity contribution in [2.45, 2.75) is 25.9 Å². The van der Waals surface area contributed by atoms with Gasteiger partial charge in [0.05, 0.1) is 7.11 Å². The van der Waals surface area contributed by atoms with Gasteiger partial charge in [-0.3, -0.25) is 10.1 Å². The van der Waals surface area contributed by atoms with Crippen LogP contribution in [0.1, 0.15) is 13.8 Å². The highest BCUT2D eigenvalue weighted by Gasteiger charge is 2.19. The van der Waals surface area contributed by atoms with Crippen LogP contribution in [-0.4, -0.2) is 36.9 Å². The third kappa shape index (κ3) is 4.25. The molecular formula is C13H19NO4. The molecular weight excluding hydrogens is 234 g/mol. The van der Waals surface area contributed by atoms with Crippen LogP contribution in [0.2, 0.25) is 0 Å². The van der Waals surface area contributed by atoms with Gasteiger partial charge in [0.2, 0.25) is 0 Å². The molecule has 0 bridgehead atoms. The Morgan fingerprint density at radius 1 is 1.33 bits per heavy atom. The van der Waals surface area contributed by atoms with Gasteiger partial charge in [-0.05, 0) is 12.1 Å². The minimum Gasteiger partial charge on any atom is -0.493 e. The first-order valence-corrected chi connectivity index (χ1v) is 5.79. The summed E-state index contributed by atoms with van der Waals surface area (Å²) in [5.41, 5.74) is 0. The van der Waals surface area contributed by atoms with Crippen LogP contribution in [0.15, 0.2) is 24.3 Å². The number of rotatable bonds is 7. The zero-order valence-corrected chi connectivity index (χ0v) is 10.8. The Kier molecular flexibility index (Phi) is 5.45. The monoisotopic (exact) mass is 253 g/mol. The molecule has 0 heterocycles. The molecule has 0 saturated heterocycles. The number of carbonyl (C=O) groups is 1. The third-order valence-electron chi connectivity index (χ3n) is 2.31. The molecule has 1 aromatic rings. The van der Waals surface area contributed by atoms with Gasteiger partial charge in [-0.15, -0.1) is 0 Å². The zero-order chi connectivity index (χ0) is 13.5. The molecule has 1 aromatic carbocycles. The van der Waals surface area contributed by atoms with Crippen molar-refractivity contribution >= 4 is 5.97 Å². The second-order valence-corrected chi connectivity index (χ2v) is 4.17. The smallest absolute Gasteiger partial charge is 0.324 e. The van der Waals surface area contributed by atoms with E-state index < -0.39 is 12.0 Å². The molecule has 0 saturated carbocycles. The molecule has 1 unspecified atom stereocenters. The van der Waals surface area contributed by atoms with E-state index in [-0.39, 0.29) is 12.6 Å². The second-order valence-electron chi connectivity index (χ2n) is 4.17. The number of hydrogen-bond acceptors (Lipinski definition) is 4. The summed E-state index contributed by atoms with van der Waals surface area (Å²) >= 11 is 0. The third-order valence-corrected chi connectivity index (χ3v) is 2.31. The molecule has 0 aliphatic heterocycles. The first-order valence-electron chi connectivity index (χ1n) is 5.79. The molecule has 0 aliphatic carbocycles. The Morgan fingerprint density at radius 2 is 1.94 bits per heavy atom. The van der Waals surface area contributed by atoms with Gasteiger partial charge in [-0.1, -0.05) is 26.0 Å². The van der Waals surface area contributed by atoms with Crippen molar-refractivity contribution in [2.24, 2.45) is 0 Å². The van der Waals surface area contributed by atoms with E-state index in [9.17, 15) is 4.79 Å². The van der Waals surface area contributed by atoms with Crippen molar-refractivity contribution in [3.8, 4) is 11.5 Å². The molecule has 2 N–H and O–H groups in total. The standard InChI is InChI=1S/C13H19NO4/c1-9(2)14-10(13(15)16)8-18-12-7-5-4-6-11(12)17-3/h4-7,9-10,14H,8H2,1-3H3,(H,15,16). The second kappa shape index (κ2) is 6.86. The minimum atomic E-state index is -0.932. The van der Waals surface area contributed by atoms with Crippen molar-refractivity contribution in [1.82, 2.24) is 5.32 Å². The van der Waals surface area contributed by atoms with Gasteiger partial charge < -0.3 is 14.6 Å². The van der Waals surface area contributed by atoms with Crippen LogP contribution in [0.5, 0.6) is 11.5 Å². The topological polar surface area (TPSA) is 67.8 Å². The summed E-state index contributed by atoms with van der Waals surface area (Å²) in [6, 6.07) is 6.48. The highest BCUT2D eigenvalue weighted by Crippen LogP contribution is 2.25. The van der Waals surface area contributed by atoms with Gasteiger partial charge in [-0.2, -0.15) is 0 Å². The number of carboxylic acid groups (broad SMARTS) is 1. The van der Waals surface area contributed by atoms with E-state index in [1.807, 2.05) is 26.0 Å². The summed E-state index contributed by atoms with van der Waals surface area (Å²) in [5, 5.41) is 12.0. The lowest BCUT2D eigenvalue weighted by Crippen LogP contribution is -2.44. The predicted octanol–water partition coefficient (Wildman–Crippen LogP) is 1.53. The molecule has 0 aliphatic rings. The summed E-state index contributed by atoms with van der Waals surface area (Å²) in [7, 11) is 1.54. The first kappa shape index (κ1) is 14.3. The van der Waals surface area contributed by atoms with Crippen LogP contribution in [0.3, 0.4) is 0 Å². The Bertz CT molecular complexity index is 392. The van der Waals surface area contributed by atoms with Crippen molar-refractivity contribution in [3.05, 3.63) is 24.3 Å². The lowest BCUT2D eigenvalue weighted by molar-refractivity contribution is -0.140. The lowest BCUT2D eigenvalue weighted by atomic mass is 10.2. The van der Waals surface area contributed by atoms with Crippen molar-refractivity contribution in [2.75, 3.05) is 13.7 Å². The molecule has 18 heavy (non-hydrogen) atoms. The summed E-state index contributed by atoms with van der Waals surface area (Å²) in [6.07, 6.45) is 0. The maximum Gasteiger partial charge on any atom is 0.324 e. The SMILES string of the molecule is COc1ccccc1OCC(NC(C)C)C(=O)O. The predicted molar refractivity (Wildman–Crippen MR) is 68.2 cm³/mol. The van der Waals surface area contributed by atoms with Crippen LogP contribution >= 0.6 is 0 Å². The molecule has 1 atom stereocenters. The summed E-state index contributed by atoms with van der Waals surface area (Å²) in [5.74, 6) is 0.196. The fourth-order valence-corrected chi connectivity index (χ4v) is 1.50. The molecule has 0 radical (unpaired) electrons. The average molecular weight is 253 g/mol. The van der Waals surface area contributed by atoms with Gasteiger partial charge >= 0.3 is 5.97 Å². The molecule has 0 fully saturated rings.